The maximum Gasteiger partial charge on any atom is 0.177 e. The topological polar surface area (TPSA) is 34.1 Å². The molecule has 19 heavy (non-hydrogen) atoms. The van der Waals surface area contributed by atoms with Crippen molar-refractivity contribution >= 4 is 11.6 Å². The summed E-state index contributed by atoms with van der Waals surface area (Å²) >= 11 is 0. The number of ketones is 2. The van der Waals surface area contributed by atoms with Crippen molar-refractivity contribution in [2.45, 2.75) is 78.3 Å². The lowest BCUT2D eigenvalue weighted by Gasteiger charge is -2.33. The monoisotopic (exact) mass is 270 g/mol. The fourth-order valence-electron chi connectivity index (χ4n) is 2.83. The van der Waals surface area contributed by atoms with Crippen LogP contribution in [-0.4, -0.2) is 17.2 Å². The van der Waals surface area contributed by atoms with Crippen LogP contribution in [0.15, 0.2) is 0 Å². The van der Waals surface area contributed by atoms with E-state index in [-0.39, 0.29) is 31.0 Å². The van der Waals surface area contributed by atoms with Gasteiger partial charge in [-0.3, -0.25) is 9.59 Å². The molecule has 1 aliphatic rings. The fraction of sp³-hybridized carbons (Fsp3) is 0.875. The van der Waals surface area contributed by atoms with E-state index in [0.29, 0.717) is 5.41 Å². The molecule has 1 aliphatic carbocycles. The summed E-state index contributed by atoms with van der Waals surface area (Å²) in [6.45, 7) is 7.74. The Morgan fingerprint density at radius 3 is 2.05 bits per heavy atom. The highest BCUT2D eigenvalue weighted by Crippen LogP contribution is 2.39. The van der Waals surface area contributed by atoms with Gasteiger partial charge in [0.25, 0.3) is 0 Å². The number of hydrogen-bond acceptors (Lipinski definition) is 2. The highest BCUT2D eigenvalue weighted by atomic mass is 19.1. The third-order valence-electron chi connectivity index (χ3n) is 4.75. The van der Waals surface area contributed by atoms with Crippen LogP contribution in [0.3, 0.4) is 0 Å². The van der Waals surface area contributed by atoms with Crippen LogP contribution in [0.2, 0.25) is 0 Å². The molecule has 0 amide bonds. The zero-order valence-corrected chi connectivity index (χ0v) is 12.7. The minimum atomic E-state index is -1.80. The summed E-state index contributed by atoms with van der Waals surface area (Å²) < 4.78 is 14.2. The van der Waals surface area contributed by atoms with E-state index in [1.54, 1.807) is 13.8 Å². The second-order valence-electron chi connectivity index (χ2n) is 6.68. The van der Waals surface area contributed by atoms with Crippen molar-refractivity contribution in [2.75, 3.05) is 0 Å². The van der Waals surface area contributed by atoms with E-state index in [0.717, 1.165) is 25.7 Å². The van der Waals surface area contributed by atoms with E-state index in [4.69, 9.17) is 0 Å². The van der Waals surface area contributed by atoms with E-state index in [1.807, 2.05) is 0 Å². The van der Waals surface area contributed by atoms with Crippen molar-refractivity contribution in [3.05, 3.63) is 0 Å². The quantitative estimate of drug-likeness (QED) is 0.676. The zero-order chi connectivity index (χ0) is 14.7. The molecule has 0 unspecified atom stereocenters. The van der Waals surface area contributed by atoms with Gasteiger partial charge in [0.2, 0.25) is 0 Å². The van der Waals surface area contributed by atoms with Crippen LogP contribution in [0.25, 0.3) is 0 Å². The Kier molecular flexibility index (Phi) is 5.28. The smallest absolute Gasteiger partial charge is 0.177 e. The summed E-state index contributed by atoms with van der Waals surface area (Å²) in [5, 5.41) is 0. The average Bonchev–Trinajstić information content (AvgIpc) is 2.37. The first-order valence-electron chi connectivity index (χ1n) is 7.49. The number of carbonyl (C=O) groups is 2. The maximum atomic E-state index is 14.2. The van der Waals surface area contributed by atoms with Gasteiger partial charge in [0.15, 0.2) is 11.5 Å². The van der Waals surface area contributed by atoms with Gasteiger partial charge in [0.1, 0.15) is 5.78 Å². The standard InChI is InChI=1S/C16H27FO2/c1-5-16(17,6-2)14(19)11-13(18)12-7-9-15(3,4)10-8-12/h12H,5-11H2,1-4H3. The highest BCUT2D eigenvalue weighted by molar-refractivity contribution is 6.03. The van der Waals surface area contributed by atoms with Gasteiger partial charge in [-0.25, -0.2) is 4.39 Å². The lowest BCUT2D eigenvalue weighted by Crippen LogP contribution is -2.36. The zero-order valence-electron chi connectivity index (χ0n) is 12.7. The van der Waals surface area contributed by atoms with Gasteiger partial charge in [0, 0.05) is 5.92 Å². The number of carbonyl (C=O) groups excluding carboxylic acids is 2. The molecule has 3 heteroatoms. The number of rotatable bonds is 6. The normalized spacial score (nSPS) is 20.3. The van der Waals surface area contributed by atoms with E-state index >= 15 is 0 Å². The van der Waals surface area contributed by atoms with Crippen LogP contribution in [-0.2, 0) is 9.59 Å². The van der Waals surface area contributed by atoms with Crippen LogP contribution in [0.1, 0.15) is 72.6 Å². The Balaban J connectivity index is 2.54. The van der Waals surface area contributed by atoms with E-state index in [9.17, 15) is 14.0 Å². The fourth-order valence-corrected chi connectivity index (χ4v) is 2.83. The minimum absolute atomic E-state index is 0.0325. The van der Waals surface area contributed by atoms with E-state index in [2.05, 4.69) is 13.8 Å². The summed E-state index contributed by atoms with van der Waals surface area (Å²) in [5.41, 5.74) is -1.50. The third kappa shape index (κ3) is 4.12. The second kappa shape index (κ2) is 6.15. The number of Topliss-reactive ketones (excluding diaryl/α,β-unsaturated/α-hetero) is 2. The van der Waals surface area contributed by atoms with Gasteiger partial charge >= 0.3 is 0 Å². The van der Waals surface area contributed by atoms with Crippen molar-refractivity contribution in [2.24, 2.45) is 11.3 Å². The molecule has 0 radical (unpaired) electrons. The van der Waals surface area contributed by atoms with E-state index in [1.165, 1.54) is 0 Å². The molecule has 0 bridgehead atoms. The van der Waals surface area contributed by atoms with Crippen LogP contribution >= 0.6 is 0 Å². The van der Waals surface area contributed by atoms with Crippen LogP contribution < -0.4 is 0 Å². The van der Waals surface area contributed by atoms with Crippen molar-refractivity contribution < 1.29 is 14.0 Å². The molecule has 0 aromatic carbocycles. The molecule has 1 rings (SSSR count). The first-order chi connectivity index (χ1) is 8.74. The number of alkyl halides is 1. The molecular formula is C16H27FO2. The lowest BCUT2D eigenvalue weighted by atomic mass is 9.71. The van der Waals surface area contributed by atoms with Crippen LogP contribution in [0.4, 0.5) is 4.39 Å². The predicted molar refractivity (Wildman–Crippen MR) is 74.8 cm³/mol. The van der Waals surface area contributed by atoms with Gasteiger partial charge in [-0.2, -0.15) is 0 Å². The molecule has 110 valence electrons. The first-order valence-corrected chi connectivity index (χ1v) is 7.49. The predicted octanol–water partition coefficient (Wildman–Crippen LogP) is 4.26. The molecular weight excluding hydrogens is 243 g/mol. The minimum Gasteiger partial charge on any atom is -0.299 e. The summed E-state index contributed by atoms with van der Waals surface area (Å²) in [5.74, 6) is -0.605. The van der Waals surface area contributed by atoms with Crippen LogP contribution in [0, 0.1) is 11.3 Å². The Bertz CT molecular complexity index is 333. The molecule has 0 saturated heterocycles. The average molecular weight is 270 g/mol. The summed E-state index contributed by atoms with van der Waals surface area (Å²) in [4.78, 5) is 24.0. The van der Waals surface area contributed by atoms with Crippen molar-refractivity contribution in [1.82, 2.24) is 0 Å². The van der Waals surface area contributed by atoms with Gasteiger partial charge in [0.05, 0.1) is 6.42 Å². The van der Waals surface area contributed by atoms with Gasteiger partial charge < -0.3 is 0 Å². The van der Waals surface area contributed by atoms with Crippen molar-refractivity contribution in [3.8, 4) is 0 Å². The Morgan fingerprint density at radius 1 is 1.16 bits per heavy atom. The third-order valence-corrected chi connectivity index (χ3v) is 4.75. The molecule has 0 atom stereocenters. The lowest BCUT2D eigenvalue weighted by molar-refractivity contribution is -0.137. The largest absolute Gasteiger partial charge is 0.299 e. The maximum absolute atomic E-state index is 14.2. The molecule has 1 fully saturated rings. The Labute approximate surface area is 116 Å². The highest BCUT2D eigenvalue weighted by Gasteiger charge is 2.37. The molecule has 0 aromatic rings. The van der Waals surface area contributed by atoms with E-state index < -0.39 is 11.5 Å². The molecule has 0 aliphatic heterocycles. The molecule has 1 saturated carbocycles. The first kappa shape index (κ1) is 16.3. The van der Waals surface area contributed by atoms with Gasteiger partial charge in [-0.15, -0.1) is 0 Å². The molecule has 0 N–H and O–H groups in total. The SMILES string of the molecule is CCC(F)(CC)C(=O)CC(=O)C1CCC(C)(C)CC1. The summed E-state index contributed by atoms with van der Waals surface area (Å²) in [7, 11) is 0. The number of hydrogen-bond donors (Lipinski definition) is 0. The summed E-state index contributed by atoms with van der Waals surface area (Å²) in [6, 6.07) is 0. The van der Waals surface area contributed by atoms with Gasteiger partial charge in [-0.05, 0) is 43.9 Å². The number of halogens is 1. The van der Waals surface area contributed by atoms with Crippen molar-refractivity contribution in [3.63, 3.8) is 0 Å². The molecule has 2 nitrogen and oxygen atoms in total. The van der Waals surface area contributed by atoms with Gasteiger partial charge in [-0.1, -0.05) is 27.7 Å². The van der Waals surface area contributed by atoms with Crippen LogP contribution in [0.5, 0.6) is 0 Å². The molecule has 0 aromatic heterocycles. The Morgan fingerprint density at radius 2 is 1.63 bits per heavy atom. The second-order valence-corrected chi connectivity index (χ2v) is 6.68. The molecule has 0 heterocycles. The molecule has 0 spiro atoms. The van der Waals surface area contributed by atoms with Crippen molar-refractivity contribution in [1.29, 1.82) is 0 Å². The Hall–Kier alpha value is -0.730. The summed E-state index contributed by atoms with van der Waals surface area (Å²) in [6.07, 6.45) is 3.82.